The summed E-state index contributed by atoms with van der Waals surface area (Å²) in [6.45, 7) is 4.78. The van der Waals surface area contributed by atoms with Crippen LogP contribution in [-0.2, 0) is 11.3 Å². The highest BCUT2D eigenvalue weighted by atomic mass is 35.5. The fraction of sp³-hybridized carbons (Fsp3) is 0.429. The van der Waals surface area contributed by atoms with Crippen LogP contribution >= 0.6 is 46.3 Å². The molecule has 38 heavy (non-hydrogen) atoms. The molecule has 2 aromatic carbocycles. The third-order valence-electron chi connectivity index (χ3n) is 7.03. The Kier molecular flexibility index (Phi) is 9.86. The van der Waals surface area contributed by atoms with Gasteiger partial charge in [0, 0.05) is 54.9 Å². The second-order valence-electron chi connectivity index (χ2n) is 9.91. The van der Waals surface area contributed by atoms with Gasteiger partial charge < -0.3 is 16.0 Å². The fourth-order valence-corrected chi connectivity index (χ4v) is 6.91. The molecular formula is C28H33Cl2N5OS2. The van der Waals surface area contributed by atoms with Crippen LogP contribution in [0, 0.1) is 0 Å². The topological polar surface area (TPSA) is 69.3 Å². The number of anilines is 1. The molecule has 1 atom stereocenters. The lowest BCUT2D eigenvalue weighted by Gasteiger charge is -2.32. The number of thioether (sulfide) groups is 1. The van der Waals surface area contributed by atoms with E-state index in [0.717, 1.165) is 72.4 Å². The van der Waals surface area contributed by atoms with Crippen LogP contribution in [0.25, 0.3) is 11.3 Å². The fourth-order valence-electron chi connectivity index (χ4n) is 4.94. The molecule has 202 valence electrons. The monoisotopic (exact) mass is 589 g/mol. The smallest absolute Gasteiger partial charge is 0.230 e. The minimum Gasteiger partial charge on any atom is -0.383 e. The van der Waals surface area contributed by atoms with Gasteiger partial charge in [0.15, 0.2) is 4.34 Å². The van der Waals surface area contributed by atoms with Gasteiger partial charge in [-0.2, -0.15) is 0 Å². The maximum absolute atomic E-state index is 12.6. The van der Waals surface area contributed by atoms with Gasteiger partial charge in [0.1, 0.15) is 0 Å². The Morgan fingerprint density at radius 2 is 2.00 bits per heavy atom. The number of likely N-dealkylation sites (tertiary alicyclic amines) is 1. The maximum Gasteiger partial charge on any atom is 0.230 e. The standard InChI is InChI=1S/C28H33Cl2N5OS2/c29-24-7-6-19(13-25(24)30)16-35-11-8-21(9-12-35)33-27(36)18-38-28-34-26(17-37-28)20-3-1-4-22(14-20)32-15-23-5-2-10-31-23/h1,3-4,6-7,13-14,17,21,23,31-32H,2,5,8-12,15-16,18H2,(H,33,36). The summed E-state index contributed by atoms with van der Waals surface area (Å²) in [5.41, 5.74) is 4.32. The van der Waals surface area contributed by atoms with E-state index in [1.165, 1.54) is 24.6 Å². The minimum atomic E-state index is 0.0707. The number of rotatable bonds is 10. The lowest BCUT2D eigenvalue weighted by Crippen LogP contribution is -2.44. The van der Waals surface area contributed by atoms with Crippen LogP contribution in [0.1, 0.15) is 31.2 Å². The number of piperidine rings is 1. The number of nitrogens with zero attached hydrogens (tertiary/aromatic N) is 2. The third-order valence-corrected chi connectivity index (χ3v) is 9.79. The molecule has 2 fully saturated rings. The first-order chi connectivity index (χ1) is 18.5. The van der Waals surface area contributed by atoms with Crippen LogP contribution in [0.4, 0.5) is 5.69 Å². The van der Waals surface area contributed by atoms with Crippen molar-refractivity contribution in [2.24, 2.45) is 0 Å². The molecule has 3 N–H and O–H groups in total. The number of nitrogens with one attached hydrogen (secondary N) is 3. The summed E-state index contributed by atoms with van der Waals surface area (Å²) in [4.78, 5) is 19.8. The first-order valence-electron chi connectivity index (χ1n) is 13.1. The van der Waals surface area contributed by atoms with Crippen LogP contribution in [0.2, 0.25) is 10.0 Å². The normalized spacial score (nSPS) is 18.5. The van der Waals surface area contributed by atoms with Gasteiger partial charge in [-0.15, -0.1) is 11.3 Å². The number of carbonyl (C=O) groups excluding carboxylic acids is 1. The lowest BCUT2D eigenvalue weighted by atomic mass is 10.0. The molecule has 0 aliphatic carbocycles. The Labute approximate surface area is 242 Å². The molecule has 0 spiro atoms. The van der Waals surface area contributed by atoms with Crippen molar-refractivity contribution in [1.82, 2.24) is 20.5 Å². The molecular weight excluding hydrogens is 557 g/mol. The number of amides is 1. The Balaban J connectivity index is 1.04. The van der Waals surface area contributed by atoms with E-state index < -0.39 is 0 Å². The van der Waals surface area contributed by atoms with Gasteiger partial charge in [0.05, 0.1) is 21.5 Å². The van der Waals surface area contributed by atoms with E-state index in [4.69, 9.17) is 28.2 Å². The second-order valence-corrected chi connectivity index (χ2v) is 12.8. The van der Waals surface area contributed by atoms with E-state index in [1.54, 1.807) is 11.3 Å². The summed E-state index contributed by atoms with van der Waals surface area (Å²) >= 11 is 15.3. The molecule has 1 amide bonds. The summed E-state index contributed by atoms with van der Waals surface area (Å²) in [6.07, 6.45) is 4.37. The van der Waals surface area contributed by atoms with Gasteiger partial charge in [-0.25, -0.2) is 4.98 Å². The number of aromatic nitrogens is 1. The molecule has 2 aliphatic rings. The summed E-state index contributed by atoms with van der Waals surface area (Å²) < 4.78 is 0.917. The van der Waals surface area contributed by atoms with Crippen molar-refractivity contribution in [3.8, 4) is 11.3 Å². The number of thiazole rings is 1. The van der Waals surface area contributed by atoms with E-state index in [1.807, 2.05) is 18.2 Å². The Bertz CT molecular complexity index is 1230. The van der Waals surface area contributed by atoms with Crippen LogP contribution in [0.15, 0.2) is 52.2 Å². The maximum atomic E-state index is 12.6. The summed E-state index contributed by atoms with van der Waals surface area (Å²) in [5, 5.41) is 13.5. The van der Waals surface area contributed by atoms with Crippen molar-refractivity contribution in [3.05, 3.63) is 63.5 Å². The van der Waals surface area contributed by atoms with E-state index in [-0.39, 0.29) is 11.9 Å². The minimum absolute atomic E-state index is 0.0707. The van der Waals surface area contributed by atoms with Crippen molar-refractivity contribution >= 4 is 57.9 Å². The van der Waals surface area contributed by atoms with Gasteiger partial charge in [-0.1, -0.05) is 53.2 Å². The number of hydrogen-bond donors (Lipinski definition) is 3. The van der Waals surface area contributed by atoms with Gasteiger partial charge >= 0.3 is 0 Å². The molecule has 0 radical (unpaired) electrons. The zero-order valence-corrected chi connectivity index (χ0v) is 24.4. The molecule has 2 aliphatic heterocycles. The third kappa shape index (κ3) is 7.87. The number of hydrogen-bond acceptors (Lipinski definition) is 7. The Morgan fingerprint density at radius 1 is 1.13 bits per heavy atom. The highest BCUT2D eigenvalue weighted by Gasteiger charge is 2.21. The van der Waals surface area contributed by atoms with Gasteiger partial charge in [-0.05, 0) is 62.1 Å². The van der Waals surface area contributed by atoms with Crippen LogP contribution in [-0.4, -0.2) is 59.8 Å². The van der Waals surface area contributed by atoms with Crippen LogP contribution in [0.5, 0.6) is 0 Å². The Morgan fingerprint density at radius 3 is 2.79 bits per heavy atom. The molecule has 0 saturated carbocycles. The van der Waals surface area contributed by atoms with E-state index in [9.17, 15) is 4.79 Å². The molecule has 0 bridgehead atoms. The van der Waals surface area contributed by atoms with E-state index in [2.05, 4.69) is 50.5 Å². The van der Waals surface area contributed by atoms with Crippen molar-refractivity contribution in [1.29, 1.82) is 0 Å². The van der Waals surface area contributed by atoms with E-state index in [0.29, 0.717) is 21.8 Å². The van der Waals surface area contributed by atoms with Crippen LogP contribution in [0.3, 0.4) is 0 Å². The predicted octanol–water partition coefficient (Wildman–Crippen LogP) is 6.15. The lowest BCUT2D eigenvalue weighted by molar-refractivity contribution is -0.119. The molecule has 1 unspecified atom stereocenters. The second kappa shape index (κ2) is 13.5. The highest BCUT2D eigenvalue weighted by molar-refractivity contribution is 8.01. The quantitative estimate of drug-likeness (QED) is 0.246. The summed E-state index contributed by atoms with van der Waals surface area (Å²) in [6, 6.07) is 15.0. The highest BCUT2D eigenvalue weighted by Crippen LogP contribution is 2.30. The van der Waals surface area contributed by atoms with Crippen LogP contribution < -0.4 is 16.0 Å². The largest absolute Gasteiger partial charge is 0.383 e. The summed E-state index contributed by atoms with van der Waals surface area (Å²) in [7, 11) is 0. The molecule has 2 saturated heterocycles. The first-order valence-corrected chi connectivity index (χ1v) is 15.8. The summed E-state index contributed by atoms with van der Waals surface area (Å²) in [5.74, 6) is 0.452. The Hall–Kier alpha value is -1.81. The molecule has 10 heteroatoms. The first kappa shape index (κ1) is 27.7. The zero-order chi connectivity index (χ0) is 26.3. The van der Waals surface area contributed by atoms with Crippen molar-refractivity contribution in [2.75, 3.05) is 37.2 Å². The number of carbonyl (C=O) groups is 1. The predicted molar refractivity (Wildman–Crippen MR) is 161 cm³/mol. The average molecular weight is 591 g/mol. The van der Waals surface area contributed by atoms with Crippen molar-refractivity contribution in [2.45, 2.75) is 48.7 Å². The van der Waals surface area contributed by atoms with Crippen molar-refractivity contribution < 1.29 is 4.79 Å². The zero-order valence-electron chi connectivity index (χ0n) is 21.2. The van der Waals surface area contributed by atoms with Gasteiger partial charge in [0.25, 0.3) is 0 Å². The van der Waals surface area contributed by atoms with E-state index >= 15 is 0 Å². The molecule has 3 heterocycles. The van der Waals surface area contributed by atoms with Crippen molar-refractivity contribution in [3.63, 3.8) is 0 Å². The SMILES string of the molecule is O=C(CSc1nc(-c2cccc(NCC3CCCN3)c2)cs1)NC1CCN(Cc2ccc(Cl)c(Cl)c2)CC1. The number of benzene rings is 2. The molecule has 3 aromatic rings. The molecule has 5 rings (SSSR count). The number of halogens is 2. The van der Waals surface area contributed by atoms with Gasteiger partial charge in [0.2, 0.25) is 5.91 Å². The average Bonchev–Trinajstić information content (AvgIpc) is 3.62. The molecule has 6 nitrogen and oxygen atoms in total. The van der Waals surface area contributed by atoms with Gasteiger partial charge in [-0.3, -0.25) is 9.69 Å². The molecule has 1 aromatic heterocycles.